The number of allylic oxidation sites excluding steroid dienone is 1. The Bertz CT molecular complexity index is 537. The predicted octanol–water partition coefficient (Wildman–Crippen LogP) is 3.78. The number of rotatable bonds is 7. The molecule has 1 aromatic rings. The fourth-order valence-electron chi connectivity index (χ4n) is 2.47. The molecular formula is C17H22O4. The maximum atomic E-state index is 11.5. The molecule has 0 saturated heterocycles. The van der Waals surface area contributed by atoms with E-state index in [0.29, 0.717) is 17.8 Å². The van der Waals surface area contributed by atoms with E-state index in [1.807, 2.05) is 6.07 Å². The van der Waals surface area contributed by atoms with Crippen molar-refractivity contribution in [2.24, 2.45) is 0 Å². The van der Waals surface area contributed by atoms with Gasteiger partial charge in [0.25, 0.3) is 0 Å². The number of carbonyl (C=O) groups is 1. The Balaban J connectivity index is 1.79. The van der Waals surface area contributed by atoms with Gasteiger partial charge in [0.2, 0.25) is 0 Å². The molecule has 4 nitrogen and oxygen atoms in total. The lowest BCUT2D eigenvalue weighted by atomic mass is 10.0. The summed E-state index contributed by atoms with van der Waals surface area (Å²) in [5, 5.41) is 0. The number of cyclic esters (lactones) is 1. The van der Waals surface area contributed by atoms with E-state index in [-0.39, 0.29) is 12.1 Å². The first-order valence-electron chi connectivity index (χ1n) is 7.24. The summed E-state index contributed by atoms with van der Waals surface area (Å²) in [7, 11) is 1.58. The highest BCUT2D eigenvalue weighted by atomic mass is 16.6. The van der Waals surface area contributed by atoms with E-state index in [0.717, 1.165) is 19.3 Å². The largest absolute Gasteiger partial charge is 0.497 e. The third-order valence-corrected chi connectivity index (χ3v) is 3.73. The van der Waals surface area contributed by atoms with Gasteiger partial charge in [-0.3, -0.25) is 0 Å². The molecule has 0 aliphatic carbocycles. The molecule has 0 radical (unpaired) electrons. The summed E-state index contributed by atoms with van der Waals surface area (Å²) in [6.45, 7) is 3.85. The minimum absolute atomic E-state index is 0.272. The number of esters is 1. The van der Waals surface area contributed by atoms with E-state index < -0.39 is 0 Å². The summed E-state index contributed by atoms with van der Waals surface area (Å²) in [4.78, 5) is 11.5. The smallest absolute Gasteiger partial charge is 0.338 e. The topological polar surface area (TPSA) is 48.7 Å². The number of carbonyl (C=O) groups excluding carboxylic acids is 1. The maximum Gasteiger partial charge on any atom is 0.338 e. The van der Waals surface area contributed by atoms with Gasteiger partial charge in [-0.05, 0) is 44.7 Å². The third-order valence-electron chi connectivity index (χ3n) is 3.73. The van der Waals surface area contributed by atoms with Crippen LogP contribution in [0.3, 0.4) is 0 Å². The summed E-state index contributed by atoms with van der Waals surface area (Å²) in [6.07, 6.45) is 9.14. The third kappa shape index (κ3) is 4.00. The predicted molar refractivity (Wildman–Crippen MR) is 79.6 cm³/mol. The second kappa shape index (κ2) is 7.16. The number of furan rings is 1. The molecule has 21 heavy (non-hydrogen) atoms. The number of ether oxygens (including phenoxy) is 2. The normalized spacial score (nSPS) is 19.1. The zero-order valence-corrected chi connectivity index (χ0v) is 12.8. The van der Waals surface area contributed by atoms with Crippen molar-refractivity contribution >= 4 is 5.97 Å². The molecular weight excluding hydrogens is 268 g/mol. The van der Waals surface area contributed by atoms with Crippen LogP contribution in [0.15, 0.2) is 46.0 Å². The lowest BCUT2D eigenvalue weighted by Gasteiger charge is -2.11. The zero-order valence-electron chi connectivity index (χ0n) is 12.8. The minimum atomic E-state index is -0.275. The van der Waals surface area contributed by atoms with Gasteiger partial charge in [-0.1, -0.05) is 11.6 Å². The standard InChI is InChI=1S/C17H22O4/c1-12(5-4-6-14-9-10-20-11-14)7-8-15-16(19-3)13(2)17(18)21-15/h7,9-11,15H,4-6,8H2,1-3H3. The SMILES string of the molecule is COC1=C(C)C(=O)OC1CC=C(C)CCCc1ccoc1. The number of hydrogen-bond donors (Lipinski definition) is 0. The van der Waals surface area contributed by atoms with Crippen molar-refractivity contribution in [2.75, 3.05) is 7.11 Å². The molecule has 0 N–H and O–H groups in total. The number of hydrogen-bond acceptors (Lipinski definition) is 4. The molecule has 0 aromatic carbocycles. The van der Waals surface area contributed by atoms with Crippen molar-refractivity contribution in [3.05, 3.63) is 47.1 Å². The molecule has 1 aliphatic rings. The van der Waals surface area contributed by atoms with Gasteiger partial charge in [-0.15, -0.1) is 0 Å². The van der Waals surface area contributed by atoms with E-state index in [1.54, 1.807) is 26.6 Å². The molecule has 0 spiro atoms. The Kier molecular flexibility index (Phi) is 5.26. The second-order valence-electron chi connectivity index (χ2n) is 5.36. The summed E-state index contributed by atoms with van der Waals surface area (Å²) in [5.41, 5.74) is 3.11. The fraction of sp³-hybridized carbons (Fsp3) is 0.471. The molecule has 1 aliphatic heterocycles. The van der Waals surface area contributed by atoms with Crippen molar-refractivity contribution in [1.29, 1.82) is 0 Å². The van der Waals surface area contributed by atoms with Crippen LogP contribution in [0.25, 0.3) is 0 Å². The van der Waals surface area contributed by atoms with Crippen molar-refractivity contribution < 1.29 is 18.7 Å². The molecule has 2 rings (SSSR count). The van der Waals surface area contributed by atoms with Gasteiger partial charge in [0, 0.05) is 6.42 Å². The van der Waals surface area contributed by atoms with Gasteiger partial charge in [0.1, 0.15) is 5.76 Å². The first-order valence-corrected chi connectivity index (χ1v) is 7.24. The highest BCUT2D eigenvalue weighted by molar-refractivity contribution is 5.91. The summed E-state index contributed by atoms with van der Waals surface area (Å²) < 4.78 is 15.6. The van der Waals surface area contributed by atoms with E-state index in [2.05, 4.69) is 13.0 Å². The van der Waals surface area contributed by atoms with Crippen molar-refractivity contribution in [3.8, 4) is 0 Å². The summed E-state index contributed by atoms with van der Waals surface area (Å²) in [6, 6.07) is 2.00. The lowest BCUT2D eigenvalue weighted by molar-refractivity contribution is -0.140. The van der Waals surface area contributed by atoms with Crippen molar-refractivity contribution in [1.82, 2.24) is 0 Å². The summed E-state index contributed by atoms with van der Waals surface area (Å²) >= 11 is 0. The Morgan fingerprint density at radius 1 is 1.48 bits per heavy atom. The lowest BCUT2D eigenvalue weighted by Crippen LogP contribution is -2.11. The maximum absolute atomic E-state index is 11.5. The molecule has 0 bridgehead atoms. The Hall–Kier alpha value is -1.97. The molecule has 0 saturated carbocycles. The minimum Gasteiger partial charge on any atom is -0.497 e. The van der Waals surface area contributed by atoms with Crippen LogP contribution in [-0.2, 0) is 20.7 Å². The zero-order chi connectivity index (χ0) is 15.2. The van der Waals surface area contributed by atoms with Gasteiger partial charge < -0.3 is 13.9 Å². The van der Waals surface area contributed by atoms with Gasteiger partial charge in [0.15, 0.2) is 6.10 Å². The van der Waals surface area contributed by atoms with Gasteiger partial charge >= 0.3 is 5.97 Å². The Morgan fingerprint density at radius 2 is 2.29 bits per heavy atom. The van der Waals surface area contributed by atoms with Crippen LogP contribution in [0, 0.1) is 0 Å². The molecule has 2 heterocycles. The highest BCUT2D eigenvalue weighted by Gasteiger charge is 2.31. The van der Waals surface area contributed by atoms with Crippen molar-refractivity contribution in [3.63, 3.8) is 0 Å². The number of aryl methyl sites for hydroxylation is 1. The monoisotopic (exact) mass is 290 g/mol. The van der Waals surface area contributed by atoms with E-state index in [4.69, 9.17) is 13.9 Å². The average Bonchev–Trinajstić information content (AvgIpc) is 3.06. The Morgan fingerprint density at radius 3 is 2.95 bits per heavy atom. The van der Waals surface area contributed by atoms with Gasteiger partial charge in [-0.2, -0.15) is 0 Å². The van der Waals surface area contributed by atoms with Crippen LogP contribution in [0.1, 0.15) is 38.7 Å². The van der Waals surface area contributed by atoms with Crippen LogP contribution in [0.2, 0.25) is 0 Å². The molecule has 1 aromatic heterocycles. The molecule has 114 valence electrons. The Labute approximate surface area is 125 Å². The second-order valence-corrected chi connectivity index (χ2v) is 5.36. The van der Waals surface area contributed by atoms with Crippen LogP contribution in [-0.4, -0.2) is 19.2 Å². The highest BCUT2D eigenvalue weighted by Crippen LogP contribution is 2.26. The van der Waals surface area contributed by atoms with E-state index >= 15 is 0 Å². The first-order chi connectivity index (χ1) is 10.1. The van der Waals surface area contributed by atoms with Gasteiger partial charge in [0.05, 0.1) is 25.2 Å². The molecule has 1 atom stereocenters. The molecule has 4 heteroatoms. The quantitative estimate of drug-likeness (QED) is 0.566. The van der Waals surface area contributed by atoms with E-state index in [1.165, 1.54) is 11.1 Å². The molecule has 0 fully saturated rings. The first kappa shape index (κ1) is 15.4. The van der Waals surface area contributed by atoms with Crippen LogP contribution >= 0.6 is 0 Å². The van der Waals surface area contributed by atoms with Crippen LogP contribution in [0.5, 0.6) is 0 Å². The number of methoxy groups -OCH3 is 1. The molecule has 0 amide bonds. The molecule has 1 unspecified atom stereocenters. The van der Waals surface area contributed by atoms with Crippen molar-refractivity contribution in [2.45, 2.75) is 45.6 Å². The van der Waals surface area contributed by atoms with E-state index in [9.17, 15) is 4.79 Å². The van der Waals surface area contributed by atoms with Gasteiger partial charge in [-0.25, -0.2) is 4.79 Å². The summed E-state index contributed by atoms with van der Waals surface area (Å²) in [5.74, 6) is 0.380. The fourth-order valence-corrected chi connectivity index (χ4v) is 2.47. The van der Waals surface area contributed by atoms with Crippen LogP contribution < -0.4 is 0 Å². The van der Waals surface area contributed by atoms with Crippen LogP contribution in [0.4, 0.5) is 0 Å². The average molecular weight is 290 g/mol.